The van der Waals surface area contributed by atoms with Crippen molar-refractivity contribution in [2.45, 2.75) is 20.3 Å². The lowest BCUT2D eigenvalue weighted by molar-refractivity contribution is 0.491. The Morgan fingerprint density at radius 2 is 2.33 bits per heavy atom. The topological polar surface area (TPSA) is 0 Å². The summed E-state index contributed by atoms with van der Waals surface area (Å²) in [6.07, 6.45) is 6.57. The zero-order valence-corrected chi connectivity index (χ0v) is 5.86. The molecule has 0 aliphatic heterocycles. The highest BCUT2D eigenvalue weighted by molar-refractivity contribution is 5.71. The molecule has 1 atom stereocenters. The molecular formula is C9H10. The van der Waals surface area contributed by atoms with Gasteiger partial charge >= 0.3 is 0 Å². The zero-order chi connectivity index (χ0) is 6.65. The molecule has 0 aromatic carbocycles. The van der Waals surface area contributed by atoms with Crippen molar-refractivity contribution >= 4 is 0 Å². The minimum atomic E-state index is 0.481. The van der Waals surface area contributed by atoms with Crippen LogP contribution in [-0.4, -0.2) is 0 Å². The number of rotatable bonds is 1. The molecule has 46 valence electrons. The van der Waals surface area contributed by atoms with E-state index in [0.717, 1.165) is 5.92 Å². The third kappa shape index (κ3) is 0.347. The summed E-state index contributed by atoms with van der Waals surface area (Å²) in [6, 6.07) is 0. The van der Waals surface area contributed by atoms with E-state index in [-0.39, 0.29) is 0 Å². The van der Waals surface area contributed by atoms with Crippen molar-refractivity contribution in [2.24, 2.45) is 11.3 Å². The molecule has 0 amide bonds. The first-order valence-corrected chi connectivity index (χ1v) is 3.44. The van der Waals surface area contributed by atoms with Gasteiger partial charge < -0.3 is 0 Å². The Bertz CT molecular complexity index is 237. The number of hydrogen-bond donors (Lipinski definition) is 0. The quantitative estimate of drug-likeness (QED) is 0.462. The van der Waals surface area contributed by atoms with Crippen LogP contribution in [0.15, 0.2) is 11.1 Å². The standard InChI is InChI=1S/C9H10/c1-4-7-8-5-9(7,8)6(2)3/h1,6H,5H2,2-3H3/t9-/m0/s1. The fourth-order valence-corrected chi connectivity index (χ4v) is 1.76. The van der Waals surface area contributed by atoms with Gasteiger partial charge in [-0.1, -0.05) is 19.8 Å². The molecule has 9 heavy (non-hydrogen) atoms. The molecule has 0 saturated heterocycles. The van der Waals surface area contributed by atoms with Gasteiger partial charge in [0, 0.05) is 11.0 Å². The molecule has 0 radical (unpaired) electrons. The molecule has 0 heteroatoms. The maximum atomic E-state index is 5.27. The number of fused-ring (bicyclic) bond motifs is 1. The van der Waals surface area contributed by atoms with Crippen LogP contribution in [0, 0.1) is 23.7 Å². The van der Waals surface area contributed by atoms with E-state index in [4.69, 9.17) is 6.42 Å². The van der Waals surface area contributed by atoms with Gasteiger partial charge in [0.2, 0.25) is 0 Å². The van der Waals surface area contributed by atoms with Gasteiger partial charge in [-0.3, -0.25) is 0 Å². The first-order chi connectivity index (χ1) is 4.23. The second kappa shape index (κ2) is 1.09. The molecule has 0 bridgehead atoms. The molecular weight excluding hydrogens is 108 g/mol. The van der Waals surface area contributed by atoms with E-state index in [1.807, 2.05) is 0 Å². The Morgan fingerprint density at radius 3 is 2.44 bits per heavy atom. The van der Waals surface area contributed by atoms with Gasteiger partial charge in [-0.25, -0.2) is 0 Å². The van der Waals surface area contributed by atoms with E-state index in [9.17, 15) is 0 Å². The predicted molar refractivity (Wildman–Crippen MR) is 37.7 cm³/mol. The van der Waals surface area contributed by atoms with Crippen molar-refractivity contribution < 1.29 is 0 Å². The minimum Gasteiger partial charge on any atom is -0.115 e. The van der Waals surface area contributed by atoms with Crippen LogP contribution in [0.5, 0.6) is 0 Å². The van der Waals surface area contributed by atoms with Crippen LogP contribution in [0.4, 0.5) is 0 Å². The van der Waals surface area contributed by atoms with Crippen molar-refractivity contribution in [3.8, 4) is 12.3 Å². The van der Waals surface area contributed by atoms with Crippen molar-refractivity contribution in [3.05, 3.63) is 11.1 Å². The molecule has 2 rings (SSSR count). The lowest BCUT2D eigenvalue weighted by Crippen LogP contribution is -2.01. The molecule has 0 nitrogen and oxygen atoms in total. The minimum absolute atomic E-state index is 0.481. The third-order valence-corrected chi connectivity index (χ3v) is 2.68. The first-order valence-electron chi connectivity index (χ1n) is 3.44. The number of allylic oxidation sites excluding steroid dienone is 2. The lowest BCUT2D eigenvalue weighted by Gasteiger charge is -2.07. The van der Waals surface area contributed by atoms with Crippen molar-refractivity contribution in [1.82, 2.24) is 0 Å². The molecule has 2 aliphatic carbocycles. The van der Waals surface area contributed by atoms with Gasteiger partial charge in [0.1, 0.15) is 0 Å². The third-order valence-electron chi connectivity index (χ3n) is 2.68. The van der Waals surface area contributed by atoms with Crippen LogP contribution in [0.1, 0.15) is 20.3 Å². The summed E-state index contributed by atoms with van der Waals surface area (Å²) >= 11 is 0. The Kier molecular flexibility index (Phi) is 0.620. The summed E-state index contributed by atoms with van der Waals surface area (Å²) in [5.41, 5.74) is 3.37. The van der Waals surface area contributed by atoms with Gasteiger partial charge in [0.05, 0.1) is 0 Å². The van der Waals surface area contributed by atoms with E-state index < -0.39 is 0 Å². The highest BCUT2D eigenvalue weighted by atomic mass is 14.7. The van der Waals surface area contributed by atoms with Gasteiger partial charge in [0.25, 0.3) is 0 Å². The molecule has 0 spiro atoms. The second-order valence-electron chi connectivity index (χ2n) is 3.30. The van der Waals surface area contributed by atoms with E-state index >= 15 is 0 Å². The van der Waals surface area contributed by atoms with Crippen molar-refractivity contribution in [3.63, 3.8) is 0 Å². The summed E-state index contributed by atoms with van der Waals surface area (Å²) in [5, 5.41) is 0. The molecule has 0 N–H and O–H groups in total. The summed E-state index contributed by atoms with van der Waals surface area (Å²) < 4.78 is 0. The predicted octanol–water partition coefficient (Wildman–Crippen LogP) is 1.98. The van der Waals surface area contributed by atoms with Crippen LogP contribution < -0.4 is 0 Å². The van der Waals surface area contributed by atoms with E-state index in [1.165, 1.54) is 12.0 Å². The monoisotopic (exact) mass is 118 g/mol. The largest absolute Gasteiger partial charge is 0.115 e. The second-order valence-corrected chi connectivity index (χ2v) is 3.30. The maximum Gasteiger partial charge on any atom is 0.0314 e. The smallest absolute Gasteiger partial charge is 0.0314 e. The SMILES string of the molecule is C#CC1=C2C[C@]12C(C)C. The van der Waals surface area contributed by atoms with Crippen LogP contribution >= 0.6 is 0 Å². The summed E-state index contributed by atoms with van der Waals surface area (Å²) in [6.45, 7) is 4.49. The molecule has 0 aromatic heterocycles. The molecule has 0 unspecified atom stereocenters. The van der Waals surface area contributed by atoms with Crippen molar-refractivity contribution in [2.75, 3.05) is 0 Å². The van der Waals surface area contributed by atoms with E-state index in [0.29, 0.717) is 5.41 Å². The normalized spacial score (nSPS) is 36.2. The van der Waals surface area contributed by atoms with E-state index in [2.05, 4.69) is 19.8 Å². The van der Waals surface area contributed by atoms with Gasteiger partial charge in [0.15, 0.2) is 0 Å². The van der Waals surface area contributed by atoms with Crippen molar-refractivity contribution in [1.29, 1.82) is 0 Å². The lowest BCUT2D eigenvalue weighted by atomic mass is 9.95. The molecule has 1 fully saturated rings. The number of terminal acetylenes is 1. The van der Waals surface area contributed by atoms with Crippen LogP contribution in [0.3, 0.4) is 0 Å². The van der Waals surface area contributed by atoms with Gasteiger partial charge in [-0.15, -0.1) is 6.42 Å². The highest BCUT2D eigenvalue weighted by Crippen LogP contribution is 2.77. The Morgan fingerprint density at radius 1 is 1.67 bits per heavy atom. The van der Waals surface area contributed by atoms with Crippen LogP contribution in [0.25, 0.3) is 0 Å². The Labute approximate surface area is 56.0 Å². The van der Waals surface area contributed by atoms with Crippen LogP contribution in [-0.2, 0) is 0 Å². The highest BCUT2D eigenvalue weighted by Gasteiger charge is 2.68. The molecule has 1 saturated carbocycles. The summed E-state index contributed by atoms with van der Waals surface area (Å²) in [7, 11) is 0. The summed E-state index contributed by atoms with van der Waals surface area (Å²) in [4.78, 5) is 0. The Balaban J connectivity index is 2.20. The molecule has 0 aromatic rings. The van der Waals surface area contributed by atoms with E-state index in [1.54, 1.807) is 5.57 Å². The molecule has 2 aliphatic rings. The Hall–Kier alpha value is -0.700. The fourth-order valence-electron chi connectivity index (χ4n) is 1.76. The van der Waals surface area contributed by atoms with Crippen LogP contribution in [0.2, 0.25) is 0 Å². The first kappa shape index (κ1) is 5.11. The average Bonchev–Trinajstić information content (AvgIpc) is 2.47. The number of hydrogen-bond acceptors (Lipinski definition) is 0. The molecule has 0 heterocycles. The van der Waals surface area contributed by atoms with Gasteiger partial charge in [-0.2, -0.15) is 0 Å². The average molecular weight is 118 g/mol. The fraction of sp³-hybridized carbons (Fsp3) is 0.556. The summed E-state index contributed by atoms with van der Waals surface area (Å²) in [5.74, 6) is 3.49. The zero-order valence-electron chi connectivity index (χ0n) is 5.86. The maximum absolute atomic E-state index is 5.27. The van der Waals surface area contributed by atoms with Gasteiger partial charge in [-0.05, 0) is 17.9 Å².